The average Bonchev–Trinajstić information content (AvgIpc) is 2.80. The molecule has 19 heavy (non-hydrogen) atoms. The van der Waals surface area contributed by atoms with E-state index in [1.807, 2.05) is 0 Å². The number of nitrogens with zero attached hydrogens (tertiary/aromatic N) is 1. The van der Waals surface area contributed by atoms with Crippen LogP contribution in [0.15, 0.2) is 29.2 Å². The van der Waals surface area contributed by atoms with Crippen molar-refractivity contribution in [1.82, 2.24) is 4.31 Å². The highest BCUT2D eigenvalue weighted by molar-refractivity contribution is 7.89. The molecule has 8 heteroatoms. The van der Waals surface area contributed by atoms with Crippen LogP contribution in [-0.2, 0) is 10.0 Å². The van der Waals surface area contributed by atoms with Crippen LogP contribution in [0.1, 0.15) is 12.8 Å². The van der Waals surface area contributed by atoms with E-state index in [1.165, 1.54) is 16.4 Å². The first-order valence-corrected chi connectivity index (χ1v) is 7.09. The Labute approximate surface area is 108 Å². The molecule has 0 spiro atoms. The van der Waals surface area contributed by atoms with Crippen molar-refractivity contribution in [2.24, 2.45) is 0 Å². The first-order chi connectivity index (χ1) is 8.79. The number of benzene rings is 1. The van der Waals surface area contributed by atoms with Crippen molar-refractivity contribution in [3.8, 4) is 5.75 Å². The molecule has 0 atom stereocenters. The molecule has 0 unspecified atom stereocenters. The van der Waals surface area contributed by atoms with Crippen LogP contribution >= 0.6 is 0 Å². The van der Waals surface area contributed by atoms with E-state index in [9.17, 15) is 21.6 Å². The summed E-state index contributed by atoms with van der Waals surface area (Å²) >= 11 is 0. The molecule has 1 heterocycles. The highest BCUT2D eigenvalue weighted by Crippen LogP contribution is 2.27. The molecule has 0 amide bonds. The van der Waals surface area contributed by atoms with Gasteiger partial charge in [-0.2, -0.15) is 4.31 Å². The number of rotatable bonds is 3. The lowest BCUT2D eigenvalue weighted by Crippen LogP contribution is -2.28. The van der Waals surface area contributed by atoms with Gasteiger partial charge in [0.15, 0.2) is 0 Å². The first kappa shape index (κ1) is 14.1. The van der Waals surface area contributed by atoms with Gasteiger partial charge < -0.3 is 4.74 Å². The maximum atomic E-state index is 12.1. The topological polar surface area (TPSA) is 46.6 Å². The molecular formula is C11H12F3NO3S. The number of alkyl halides is 3. The van der Waals surface area contributed by atoms with Crippen molar-refractivity contribution in [2.75, 3.05) is 13.1 Å². The van der Waals surface area contributed by atoms with Gasteiger partial charge in [0.1, 0.15) is 5.75 Å². The van der Waals surface area contributed by atoms with Gasteiger partial charge in [0.05, 0.1) is 4.90 Å². The maximum absolute atomic E-state index is 12.1. The van der Waals surface area contributed by atoms with E-state index in [4.69, 9.17) is 0 Å². The molecule has 2 rings (SSSR count). The molecular weight excluding hydrogens is 283 g/mol. The van der Waals surface area contributed by atoms with Crippen LogP contribution in [0.3, 0.4) is 0 Å². The largest absolute Gasteiger partial charge is 0.573 e. The van der Waals surface area contributed by atoms with E-state index in [0.717, 1.165) is 25.0 Å². The molecule has 0 radical (unpaired) electrons. The second-order valence-electron chi connectivity index (χ2n) is 4.13. The van der Waals surface area contributed by atoms with E-state index < -0.39 is 22.1 Å². The van der Waals surface area contributed by atoms with E-state index >= 15 is 0 Å². The Morgan fingerprint density at radius 2 is 1.79 bits per heavy atom. The maximum Gasteiger partial charge on any atom is 0.573 e. The van der Waals surface area contributed by atoms with Crippen molar-refractivity contribution in [3.63, 3.8) is 0 Å². The molecule has 1 fully saturated rings. The third kappa shape index (κ3) is 3.38. The van der Waals surface area contributed by atoms with Gasteiger partial charge in [-0.05, 0) is 25.0 Å². The predicted octanol–water partition coefficient (Wildman–Crippen LogP) is 2.37. The quantitative estimate of drug-likeness (QED) is 0.860. The minimum absolute atomic E-state index is 0.184. The van der Waals surface area contributed by atoms with Gasteiger partial charge in [-0.1, -0.05) is 6.07 Å². The summed E-state index contributed by atoms with van der Waals surface area (Å²) in [6.07, 6.45) is -3.31. The van der Waals surface area contributed by atoms with Crippen molar-refractivity contribution < 1.29 is 26.3 Å². The summed E-state index contributed by atoms with van der Waals surface area (Å²) in [5, 5.41) is 0. The summed E-state index contributed by atoms with van der Waals surface area (Å²) in [5.41, 5.74) is 0. The average molecular weight is 295 g/mol. The van der Waals surface area contributed by atoms with Gasteiger partial charge in [0.25, 0.3) is 0 Å². The second kappa shape index (κ2) is 5.01. The van der Waals surface area contributed by atoms with Gasteiger partial charge in [-0.15, -0.1) is 13.2 Å². The molecule has 0 aromatic heterocycles. The van der Waals surface area contributed by atoms with Crippen LogP contribution in [-0.4, -0.2) is 32.2 Å². The highest BCUT2D eigenvalue weighted by atomic mass is 32.2. The Balaban J connectivity index is 2.27. The van der Waals surface area contributed by atoms with Crippen molar-refractivity contribution in [1.29, 1.82) is 0 Å². The molecule has 0 aliphatic carbocycles. The summed E-state index contributed by atoms with van der Waals surface area (Å²) in [6, 6.07) is 4.44. The zero-order valence-electron chi connectivity index (χ0n) is 9.85. The molecule has 1 aromatic carbocycles. The lowest BCUT2D eigenvalue weighted by Gasteiger charge is -2.16. The van der Waals surface area contributed by atoms with Crippen LogP contribution in [0.2, 0.25) is 0 Å². The van der Waals surface area contributed by atoms with E-state index in [2.05, 4.69) is 4.74 Å². The van der Waals surface area contributed by atoms with Gasteiger partial charge in [0.2, 0.25) is 10.0 Å². The summed E-state index contributed by atoms with van der Waals surface area (Å²) < 4.78 is 65.5. The smallest absolute Gasteiger partial charge is 0.406 e. The first-order valence-electron chi connectivity index (χ1n) is 5.65. The summed E-state index contributed by atoms with van der Waals surface area (Å²) in [6.45, 7) is 0.791. The van der Waals surface area contributed by atoms with Crippen LogP contribution in [0.4, 0.5) is 13.2 Å². The van der Waals surface area contributed by atoms with Crippen LogP contribution in [0.5, 0.6) is 5.75 Å². The number of hydrogen-bond acceptors (Lipinski definition) is 3. The van der Waals surface area contributed by atoms with E-state index in [-0.39, 0.29) is 4.90 Å². The Morgan fingerprint density at radius 1 is 1.16 bits per heavy atom. The van der Waals surface area contributed by atoms with Crippen LogP contribution < -0.4 is 4.74 Å². The SMILES string of the molecule is O=S(=O)(c1cccc(OC(F)(F)F)c1)N1CCCC1. The fourth-order valence-corrected chi connectivity index (χ4v) is 3.46. The molecule has 1 aliphatic rings. The second-order valence-corrected chi connectivity index (χ2v) is 6.07. The fraction of sp³-hybridized carbons (Fsp3) is 0.455. The minimum atomic E-state index is -4.84. The lowest BCUT2D eigenvalue weighted by atomic mass is 10.3. The monoisotopic (exact) mass is 295 g/mol. The predicted molar refractivity (Wildman–Crippen MR) is 61.1 cm³/mol. The van der Waals surface area contributed by atoms with Gasteiger partial charge in [0, 0.05) is 19.2 Å². The molecule has 0 bridgehead atoms. The van der Waals surface area contributed by atoms with Gasteiger partial charge >= 0.3 is 6.36 Å². The molecule has 0 saturated carbocycles. The third-order valence-electron chi connectivity index (χ3n) is 2.74. The third-order valence-corrected chi connectivity index (χ3v) is 4.64. The van der Waals surface area contributed by atoms with E-state index in [1.54, 1.807) is 0 Å². The van der Waals surface area contributed by atoms with Crippen LogP contribution in [0.25, 0.3) is 0 Å². The fourth-order valence-electron chi connectivity index (χ4n) is 1.91. The molecule has 106 valence electrons. The van der Waals surface area contributed by atoms with Crippen LogP contribution in [0, 0.1) is 0 Å². The highest BCUT2D eigenvalue weighted by Gasteiger charge is 2.32. The summed E-state index contributed by atoms with van der Waals surface area (Å²) in [4.78, 5) is -0.184. The molecule has 1 saturated heterocycles. The lowest BCUT2D eigenvalue weighted by molar-refractivity contribution is -0.274. The summed E-state index contributed by atoms with van der Waals surface area (Å²) in [7, 11) is -3.73. The van der Waals surface area contributed by atoms with Crippen molar-refractivity contribution in [3.05, 3.63) is 24.3 Å². The van der Waals surface area contributed by atoms with Crippen molar-refractivity contribution in [2.45, 2.75) is 24.1 Å². The van der Waals surface area contributed by atoms with Gasteiger partial charge in [-0.3, -0.25) is 0 Å². The zero-order valence-corrected chi connectivity index (χ0v) is 10.7. The Morgan fingerprint density at radius 3 is 2.37 bits per heavy atom. The molecule has 1 aromatic rings. The zero-order chi connectivity index (χ0) is 14.1. The van der Waals surface area contributed by atoms with E-state index in [0.29, 0.717) is 13.1 Å². The number of sulfonamides is 1. The molecule has 1 aliphatic heterocycles. The molecule has 0 N–H and O–H groups in total. The number of halogens is 3. The van der Waals surface area contributed by atoms with Crippen molar-refractivity contribution >= 4 is 10.0 Å². The molecule has 4 nitrogen and oxygen atoms in total. The number of ether oxygens (including phenoxy) is 1. The van der Waals surface area contributed by atoms with Gasteiger partial charge in [-0.25, -0.2) is 8.42 Å². The number of hydrogen-bond donors (Lipinski definition) is 0. The summed E-state index contributed by atoms with van der Waals surface area (Å²) in [5.74, 6) is -0.534. The Bertz CT molecular complexity index is 551. The normalized spacial score (nSPS) is 17.6. The minimum Gasteiger partial charge on any atom is -0.406 e. The standard InChI is InChI=1S/C11H12F3NO3S/c12-11(13,14)18-9-4-3-5-10(8-9)19(16,17)15-6-1-2-7-15/h3-5,8H,1-2,6-7H2. The Hall–Kier alpha value is -1.28. The Kier molecular flexibility index (Phi) is 3.73.